The monoisotopic (exact) mass is 254 g/mol. The molecule has 0 aromatic carbocycles. The van der Waals surface area contributed by atoms with E-state index in [2.05, 4.69) is 4.90 Å². The highest BCUT2D eigenvalue weighted by Crippen LogP contribution is 2.21. The summed E-state index contributed by atoms with van der Waals surface area (Å²) >= 11 is 0. The van der Waals surface area contributed by atoms with Crippen LogP contribution in [0.2, 0.25) is 0 Å². The Balaban J connectivity index is 1.82. The lowest BCUT2D eigenvalue weighted by molar-refractivity contribution is -0.141. The van der Waals surface area contributed by atoms with Gasteiger partial charge in [-0.1, -0.05) is 20.8 Å². The van der Waals surface area contributed by atoms with Crippen molar-refractivity contribution in [3.8, 4) is 0 Å². The third kappa shape index (κ3) is 3.23. The van der Waals surface area contributed by atoms with E-state index in [1.807, 2.05) is 25.7 Å². The van der Waals surface area contributed by atoms with Crippen LogP contribution < -0.4 is 0 Å². The summed E-state index contributed by atoms with van der Waals surface area (Å²) in [6.45, 7) is 11.6. The van der Waals surface area contributed by atoms with E-state index in [9.17, 15) is 4.79 Å². The fourth-order valence-electron chi connectivity index (χ4n) is 2.81. The smallest absolute Gasteiger partial charge is 0.228 e. The quantitative estimate of drug-likeness (QED) is 0.708. The van der Waals surface area contributed by atoms with E-state index >= 15 is 0 Å². The molecule has 0 aromatic rings. The Bertz CT molecular complexity index is 285. The summed E-state index contributed by atoms with van der Waals surface area (Å²) in [6, 6.07) is 0.672. The summed E-state index contributed by atoms with van der Waals surface area (Å²) in [5.41, 5.74) is -0.249. The van der Waals surface area contributed by atoms with Gasteiger partial charge in [-0.25, -0.2) is 0 Å². The van der Waals surface area contributed by atoms with Crippen molar-refractivity contribution < 1.29 is 9.53 Å². The molecule has 1 amide bonds. The number of hydrogen-bond donors (Lipinski definition) is 0. The normalized spacial score (nSPS) is 24.3. The molecule has 2 rings (SSSR count). The van der Waals surface area contributed by atoms with Gasteiger partial charge < -0.3 is 9.64 Å². The minimum Gasteiger partial charge on any atom is -0.381 e. The van der Waals surface area contributed by atoms with Crippen LogP contribution in [0.4, 0.5) is 0 Å². The predicted molar refractivity (Wildman–Crippen MR) is 71.4 cm³/mol. The number of amides is 1. The van der Waals surface area contributed by atoms with Gasteiger partial charge >= 0.3 is 0 Å². The molecule has 4 heteroatoms. The summed E-state index contributed by atoms with van der Waals surface area (Å²) in [4.78, 5) is 16.8. The van der Waals surface area contributed by atoms with E-state index in [1.165, 1.54) is 0 Å². The van der Waals surface area contributed by atoms with Crippen LogP contribution in [0.5, 0.6) is 0 Å². The summed E-state index contributed by atoms with van der Waals surface area (Å²) < 4.78 is 5.40. The summed E-state index contributed by atoms with van der Waals surface area (Å²) in [5, 5.41) is 0. The Morgan fingerprint density at radius 1 is 1.06 bits per heavy atom. The number of hydrogen-bond acceptors (Lipinski definition) is 3. The van der Waals surface area contributed by atoms with Crippen molar-refractivity contribution >= 4 is 5.91 Å². The Morgan fingerprint density at radius 3 is 2.11 bits per heavy atom. The number of carbonyl (C=O) groups excluding carboxylic acids is 1. The molecule has 2 heterocycles. The highest BCUT2D eigenvalue weighted by molar-refractivity contribution is 5.81. The number of piperazine rings is 1. The topological polar surface area (TPSA) is 32.8 Å². The van der Waals surface area contributed by atoms with Gasteiger partial charge in [-0.3, -0.25) is 9.69 Å². The average molecular weight is 254 g/mol. The number of carbonyl (C=O) groups is 1. The summed E-state index contributed by atoms with van der Waals surface area (Å²) in [5.74, 6) is 0.286. The van der Waals surface area contributed by atoms with Gasteiger partial charge in [-0.2, -0.15) is 0 Å². The van der Waals surface area contributed by atoms with E-state index in [0.29, 0.717) is 6.04 Å². The Labute approximate surface area is 110 Å². The van der Waals surface area contributed by atoms with E-state index in [4.69, 9.17) is 4.74 Å². The molecule has 0 radical (unpaired) electrons. The van der Waals surface area contributed by atoms with Crippen molar-refractivity contribution in [2.24, 2.45) is 5.41 Å². The second-order valence-electron chi connectivity index (χ2n) is 6.42. The molecule has 0 saturated carbocycles. The Morgan fingerprint density at radius 2 is 1.61 bits per heavy atom. The molecular formula is C14H26N2O2. The molecule has 0 spiro atoms. The maximum absolute atomic E-state index is 12.2. The summed E-state index contributed by atoms with van der Waals surface area (Å²) in [6.07, 6.45) is 2.29. The van der Waals surface area contributed by atoms with Crippen molar-refractivity contribution in [1.82, 2.24) is 9.80 Å². The first kappa shape index (κ1) is 13.8. The third-order valence-electron chi connectivity index (χ3n) is 3.95. The highest BCUT2D eigenvalue weighted by atomic mass is 16.5. The third-order valence-corrected chi connectivity index (χ3v) is 3.95. The molecule has 18 heavy (non-hydrogen) atoms. The molecule has 2 saturated heterocycles. The van der Waals surface area contributed by atoms with Gasteiger partial charge in [0.25, 0.3) is 0 Å². The maximum Gasteiger partial charge on any atom is 0.228 e. The van der Waals surface area contributed by atoms with Crippen LogP contribution in [0.15, 0.2) is 0 Å². The van der Waals surface area contributed by atoms with Gasteiger partial charge in [-0.05, 0) is 12.8 Å². The van der Waals surface area contributed by atoms with E-state index in [1.54, 1.807) is 0 Å². The second-order valence-corrected chi connectivity index (χ2v) is 6.42. The van der Waals surface area contributed by atoms with E-state index in [0.717, 1.165) is 52.2 Å². The SMILES string of the molecule is CC(C)(C)C(=O)N1CCN(C2CCOCC2)CC1. The molecule has 0 atom stereocenters. The summed E-state index contributed by atoms with van der Waals surface area (Å²) in [7, 11) is 0. The van der Waals surface area contributed by atoms with Gasteiger partial charge in [0.2, 0.25) is 5.91 Å². The van der Waals surface area contributed by atoms with Crippen LogP contribution >= 0.6 is 0 Å². The van der Waals surface area contributed by atoms with Crippen molar-refractivity contribution in [2.75, 3.05) is 39.4 Å². The second kappa shape index (κ2) is 5.57. The standard InChI is InChI=1S/C14H26N2O2/c1-14(2,3)13(17)16-8-6-15(7-9-16)12-4-10-18-11-5-12/h12H,4-11H2,1-3H3. The van der Waals surface area contributed by atoms with Crippen LogP contribution in [-0.4, -0.2) is 61.1 Å². The van der Waals surface area contributed by atoms with Gasteiger partial charge in [0.1, 0.15) is 0 Å². The van der Waals surface area contributed by atoms with E-state index < -0.39 is 0 Å². The maximum atomic E-state index is 12.2. The van der Waals surface area contributed by atoms with Gasteiger partial charge in [-0.15, -0.1) is 0 Å². The first-order valence-corrected chi connectivity index (χ1v) is 7.09. The van der Waals surface area contributed by atoms with Crippen LogP contribution in [0.3, 0.4) is 0 Å². The van der Waals surface area contributed by atoms with Crippen LogP contribution in [-0.2, 0) is 9.53 Å². The van der Waals surface area contributed by atoms with Crippen LogP contribution in [0, 0.1) is 5.41 Å². The number of nitrogens with zero attached hydrogens (tertiary/aromatic N) is 2. The molecule has 0 aliphatic carbocycles. The lowest BCUT2D eigenvalue weighted by Crippen LogP contribution is -2.54. The van der Waals surface area contributed by atoms with Gasteiger partial charge in [0.05, 0.1) is 0 Å². The largest absolute Gasteiger partial charge is 0.381 e. The molecule has 104 valence electrons. The van der Waals surface area contributed by atoms with Crippen molar-refractivity contribution in [1.29, 1.82) is 0 Å². The first-order chi connectivity index (χ1) is 8.48. The Hall–Kier alpha value is -0.610. The van der Waals surface area contributed by atoms with Crippen LogP contribution in [0.25, 0.3) is 0 Å². The van der Waals surface area contributed by atoms with Crippen molar-refractivity contribution in [3.63, 3.8) is 0 Å². The predicted octanol–water partition coefficient (Wildman–Crippen LogP) is 1.36. The zero-order valence-corrected chi connectivity index (χ0v) is 11.9. The zero-order valence-electron chi connectivity index (χ0n) is 11.9. The molecule has 0 unspecified atom stereocenters. The molecular weight excluding hydrogens is 228 g/mol. The minimum atomic E-state index is -0.249. The molecule has 2 aliphatic heterocycles. The van der Waals surface area contributed by atoms with Gasteiger partial charge in [0.15, 0.2) is 0 Å². The average Bonchev–Trinajstić information content (AvgIpc) is 2.38. The zero-order chi connectivity index (χ0) is 13.2. The van der Waals surface area contributed by atoms with Crippen molar-refractivity contribution in [3.05, 3.63) is 0 Å². The molecule has 0 bridgehead atoms. The lowest BCUT2D eigenvalue weighted by Gasteiger charge is -2.42. The number of rotatable bonds is 1. The Kier molecular flexibility index (Phi) is 4.28. The molecule has 2 aliphatic rings. The molecule has 4 nitrogen and oxygen atoms in total. The van der Waals surface area contributed by atoms with E-state index in [-0.39, 0.29) is 11.3 Å². The number of ether oxygens (including phenoxy) is 1. The fraction of sp³-hybridized carbons (Fsp3) is 0.929. The lowest BCUT2D eigenvalue weighted by atomic mass is 9.94. The fourth-order valence-corrected chi connectivity index (χ4v) is 2.81. The molecule has 2 fully saturated rings. The first-order valence-electron chi connectivity index (χ1n) is 7.09. The molecule has 0 aromatic heterocycles. The molecule has 0 N–H and O–H groups in total. The van der Waals surface area contributed by atoms with Gasteiger partial charge in [0, 0.05) is 50.8 Å². The van der Waals surface area contributed by atoms with Crippen LogP contribution in [0.1, 0.15) is 33.6 Å². The minimum absolute atomic E-state index is 0.249. The van der Waals surface area contributed by atoms with Crippen molar-refractivity contribution in [2.45, 2.75) is 39.7 Å². The highest BCUT2D eigenvalue weighted by Gasteiger charge is 2.31.